The zero-order chi connectivity index (χ0) is 10.1. The van der Waals surface area contributed by atoms with Gasteiger partial charge in [-0.1, -0.05) is 6.92 Å². The Morgan fingerprint density at radius 2 is 2.00 bits per heavy atom. The molecular weight excluding hydrogens is 192 g/mol. The van der Waals surface area contributed by atoms with E-state index in [4.69, 9.17) is 9.29 Å². The third-order valence-electron chi connectivity index (χ3n) is 2.80. The molecule has 0 aromatic carbocycles. The minimum Gasteiger partial charge on any atom is -0.381 e. The third-order valence-corrected chi connectivity index (χ3v) is 4.07. The number of hydrogen-bond acceptors (Lipinski definition) is 3. The molecule has 0 bridgehead atoms. The molecule has 0 aromatic heterocycles. The highest BCUT2D eigenvalue weighted by Gasteiger charge is 2.34. The van der Waals surface area contributed by atoms with Crippen LogP contribution < -0.4 is 0 Å². The summed E-state index contributed by atoms with van der Waals surface area (Å²) >= 11 is 0. The lowest BCUT2D eigenvalue weighted by Crippen LogP contribution is -2.36. The van der Waals surface area contributed by atoms with Gasteiger partial charge < -0.3 is 4.74 Å². The fourth-order valence-electron chi connectivity index (χ4n) is 1.84. The van der Waals surface area contributed by atoms with Gasteiger partial charge in [-0.15, -0.1) is 0 Å². The standard InChI is InChI=1S/C8H16O4S/c1-6-3-4-7(13(9,10)11)5-8(6)12-2/h6-8H,3-5H2,1-2H3,(H,9,10,11). The van der Waals surface area contributed by atoms with Gasteiger partial charge in [-0.05, 0) is 25.2 Å². The Bertz CT molecular complexity index is 259. The van der Waals surface area contributed by atoms with Crippen molar-refractivity contribution in [2.45, 2.75) is 37.5 Å². The Kier molecular flexibility index (Phi) is 3.32. The fraction of sp³-hybridized carbons (Fsp3) is 1.00. The van der Waals surface area contributed by atoms with Crippen LogP contribution in [-0.2, 0) is 14.9 Å². The molecule has 1 rings (SSSR count). The maximum absolute atomic E-state index is 10.9. The molecule has 0 saturated heterocycles. The molecule has 3 atom stereocenters. The molecule has 0 spiro atoms. The van der Waals surface area contributed by atoms with Crippen LogP contribution in [0.15, 0.2) is 0 Å². The first kappa shape index (κ1) is 10.9. The Hall–Kier alpha value is -0.130. The average Bonchev–Trinajstić information content (AvgIpc) is 2.03. The molecule has 1 aliphatic carbocycles. The number of methoxy groups -OCH3 is 1. The molecule has 1 N–H and O–H groups in total. The van der Waals surface area contributed by atoms with Gasteiger partial charge in [0, 0.05) is 7.11 Å². The Balaban J connectivity index is 2.65. The van der Waals surface area contributed by atoms with E-state index in [9.17, 15) is 8.42 Å². The van der Waals surface area contributed by atoms with Crippen molar-refractivity contribution in [2.24, 2.45) is 5.92 Å². The van der Waals surface area contributed by atoms with E-state index in [-0.39, 0.29) is 6.10 Å². The third kappa shape index (κ3) is 2.65. The largest absolute Gasteiger partial charge is 0.381 e. The molecule has 0 aromatic rings. The van der Waals surface area contributed by atoms with E-state index in [1.807, 2.05) is 6.92 Å². The van der Waals surface area contributed by atoms with E-state index in [0.29, 0.717) is 18.8 Å². The molecule has 0 heterocycles. The summed E-state index contributed by atoms with van der Waals surface area (Å²) in [5.74, 6) is 0.378. The maximum Gasteiger partial charge on any atom is 0.267 e. The van der Waals surface area contributed by atoms with Gasteiger partial charge in [-0.25, -0.2) is 0 Å². The van der Waals surface area contributed by atoms with Crippen LogP contribution in [-0.4, -0.2) is 31.4 Å². The summed E-state index contributed by atoms with van der Waals surface area (Å²) in [6, 6.07) is 0. The van der Waals surface area contributed by atoms with Crippen molar-refractivity contribution in [1.29, 1.82) is 0 Å². The van der Waals surface area contributed by atoms with Gasteiger partial charge >= 0.3 is 0 Å². The van der Waals surface area contributed by atoms with Gasteiger partial charge in [0.25, 0.3) is 10.1 Å². The van der Waals surface area contributed by atoms with Gasteiger partial charge in [0.1, 0.15) is 0 Å². The topological polar surface area (TPSA) is 63.6 Å². The zero-order valence-corrected chi connectivity index (χ0v) is 8.75. The number of ether oxygens (including phenoxy) is 1. The minimum absolute atomic E-state index is 0.0410. The quantitative estimate of drug-likeness (QED) is 0.690. The first-order valence-electron chi connectivity index (χ1n) is 4.44. The lowest BCUT2D eigenvalue weighted by Gasteiger charge is -2.31. The molecule has 1 aliphatic rings. The second-order valence-electron chi connectivity index (χ2n) is 3.70. The van der Waals surface area contributed by atoms with E-state index in [1.165, 1.54) is 0 Å². The van der Waals surface area contributed by atoms with E-state index in [1.54, 1.807) is 7.11 Å². The molecule has 3 unspecified atom stereocenters. The second-order valence-corrected chi connectivity index (χ2v) is 5.40. The van der Waals surface area contributed by atoms with Gasteiger partial charge in [0.2, 0.25) is 0 Å². The molecule has 0 amide bonds. The summed E-state index contributed by atoms with van der Waals surface area (Å²) in [5.41, 5.74) is 0. The van der Waals surface area contributed by atoms with Crippen molar-refractivity contribution in [3.63, 3.8) is 0 Å². The Morgan fingerprint density at radius 3 is 2.46 bits per heavy atom. The SMILES string of the molecule is COC1CC(S(=O)(=O)O)CCC1C. The second kappa shape index (κ2) is 3.94. The first-order chi connectivity index (χ1) is 5.95. The van der Waals surface area contributed by atoms with Crippen molar-refractivity contribution in [1.82, 2.24) is 0 Å². The van der Waals surface area contributed by atoms with Gasteiger partial charge in [-0.2, -0.15) is 8.42 Å². The van der Waals surface area contributed by atoms with Crippen LogP contribution in [0.4, 0.5) is 0 Å². The van der Waals surface area contributed by atoms with Gasteiger partial charge in [0.05, 0.1) is 11.4 Å². The fourth-order valence-corrected chi connectivity index (χ4v) is 2.71. The van der Waals surface area contributed by atoms with E-state index in [0.717, 1.165) is 6.42 Å². The molecule has 0 radical (unpaired) electrons. The zero-order valence-electron chi connectivity index (χ0n) is 7.93. The Labute approximate surface area is 79.0 Å². The molecule has 1 fully saturated rings. The lowest BCUT2D eigenvalue weighted by molar-refractivity contribution is 0.0314. The summed E-state index contributed by atoms with van der Waals surface area (Å²) in [7, 11) is -2.30. The molecule has 1 saturated carbocycles. The average molecular weight is 208 g/mol. The van der Waals surface area contributed by atoms with Crippen LogP contribution in [0.2, 0.25) is 0 Å². The van der Waals surface area contributed by atoms with Crippen molar-refractivity contribution >= 4 is 10.1 Å². The van der Waals surface area contributed by atoms with Crippen LogP contribution in [0.5, 0.6) is 0 Å². The van der Waals surface area contributed by atoms with Crippen LogP contribution >= 0.6 is 0 Å². The predicted octanol–water partition coefficient (Wildman–Crippen LogP) is 1.08. The van der Waals surface area contributed by atoms with E-state index >= 15 is 0 Å². The lowest BCUT2D eigenvalue weighted by atomic mass is 9.87. The molecule has 5 heteroatoms. The van der Waals surface area contributed by atoms with Crippen LogP contribution in [0.1, 0.15) is 26.2 Å². The smallest absolute Gasteiger partial charge is 0.267 e. The normalized spacial score (nSPS) is 36.1. The van der Waals surface area contributed by atoms with E-state index < -0.39 is 15.4 Å². The summed E-state index contributed by atoms with van der Waals surface area (Å²) in [5, 5.41) is -0.631. The maximum atomic E-state index is 10.9. The summed E-state index contributed by atoms with van der Waals surface area (Å²) in [4.78, 5) is 0. The summed E-state index contributed by atoms with van der Waals surface area (Å²) in [6.07, 6.45) is 1.71. The summed E-state index contributed by atoms with van der Waals surface area (Å²) in [6.45, 7) is 2.04. The molecule has 4 nitrogen and oxygen atoms in total. The highest BCUT2D eigenvalue weighted by atomic mass is 32.2. The molecule has 78 valence electrons. The molecule has 13 heavy (non-hydrogen) atoms. The van der Waals surface area contributed by atoms with Crippen LogP contribution in [0.3, 0.4) is 0 Å². The van der Waals surface area contributed by atoms with Gasteiger partial charge in [-0.3, -0.25) is 4.55 Å². The van der Waals surface area contributed by atoms with Crippen LogP contribution in [0, 0.1) is 5.92 Å². The van der Waals surface area contributed by atoms with E-state index in [2.05, 4.69) is 0 Å². The van der Waals surface area contributed by atoms with Crippen molar-refractivity contribution in [3.8, 4) is 0 Å². The molecule has 0 aliphatic heterocycles. The van der Waals surface area contributed by atoms with Crippen molar-refractivity contribution in [3.05, 3.63) is 0 Å². The number of hydrogen-bond donors (Lipinski definition) is 1. The van der Waals surface area contributed by atoms with Crippen molar-refractivity contribution < 1.29 is 17.7 Å². The first-order valence-corrected chi connectivity index (χ1v) is 5.94. The van der Waals surface area contributed by atoms with Crippen molar-refractivity contribution in [2.75, 3.05) is 7.11 Å². The predicted molar refractivity (Wildman–Crippen MR) is 49.1 cm³/mol. The number of rotatable bonds is 2. The summed E-state index contributed by atoms with van der Waals surface area (Å²) < 4.78 is 35.7. The van der Waals surface area contributed by atoms with Gasteiger partial charge in [0.15, 0.2) is 0 Å². The highest BCUT2D eigenvalue weighted by molar-refractivity contribution is 7.86. The minimum atomic E-state index is -3.87. The monoisotopic (exact) mass is 208 g/mol. The highest BCUT2D eigenvalue weighted by Crippen LogP contribution is 2.29. The Morgan fingerprint density at radius 1 is 1.38 bits per heavy atom. The van der Waals surface area contributed by atoms with Crippen LogP contribution in [0.25, 0.3) is 0 Å². The molecular formula is C8H16O4S.